The first-order valence-electron chi connectivity index (χ1n) is 5.92. The van der Waals surface area contributed by atoms with Crippen LogP contribution in [0.5, 0.6) is 0 Å². The number of aromatic carboxylic acids is 1. The summed E-state index contributed by atoms with van der Waals surface area (Å²) in [7, 11) is 0. The van der Waals surface area contributed by atoms with Gasteiger partial charge in [-0.25, -0.2) is 18.6 Å². The first kappa shape index (κ1) is 15.2. The third-order valence-corrected chi connectivity index (χ3v) is 3.11. The summed E-state index contributed by atoms with van der Waals surface area (Å²) in [6, 6.07) is 3.17. The van der Waals surface area contributed by atoms with Crippen LogP contribution in [0.3, 0.4) is 0 Å². The molecule has 0 saturated heterocycles. The summed E-state index contributed by atoms with van der Waals surface area (Å²) in [6.07, 6.45) is 0. The van der Waals surface area contributed by atoms with Gasteiger partial charge in [0.05, 0.1) is 10.7 Å². The monoisotopic (exact) mass is 312 g/mol. The molecular formula is C14H11ClF2N2O2. The molecule has 21 heavy (non-hydrogen) atoms. The number of aromatic nitrogens is 1. The largest absolute Gasteiger partial charge is 0.478 e. The zero-order valence-electron chi connectivity index (χ0n) is 11.2. The zero-order chi connectivity index (χ0) is 15.7. The van der Waals surface area contributed by atoms with E-state index in [1.807, 2.05) is 0 Å². The number of pyridine rings is 1. The Morgan fingerprint density at radius 1 is 1.29 bits per heavy atom. The fraction of sp³-hybridized carbons (Fsp3) is 0.143. The number of nitrogens with one attached hydrogen (secondary N) is 1. The van der Waals surface area contributed by atoms with E-state index >= 15 is 0 Å². The number of carboxylic acid groups (broad SMARTS) is 1. The summed E-state index contributed by atoms with van der Waals surface area (Å²) in [4.78, 5) is 15.3. The lowest BCUT2D eigenvalue weighted by Crippen LogP contribution is -2.09. The molecule has 2 aromatic rings. The number of benzene rings is 1. The lowest BCUT2D eigenvalue weighted by atomic mass is 10.1. The first-order chi connectivity index (χ1) is 9.79. The van der Waals surface area contributed by atoms with Crippen LogP contribution in [0.4, 0.5) is 20.3 Å². The van der Waals surface area contributed by atoms with E-state index in [0.29, 0.717) is 17.3 Å². The molecule has 0 aliphatic heterocycles. The van der Waals surface area contributed by atoms with Gasteiger partial charge < -0.3 is 10.4 Å². The van der Waals surface area contributed by atoms with Crippen molar-refractivity contribution in [1.82, 2.24) is 4.98 Å². The van der Waals surface area contributed by atoms with Crippen molar-refractivity contribution in [3.8, 4) is 0 Å². The molecule has 0 atom stereocenters. The fourth-order valence-electron chi connectivity index (χ4n) is 1.98. The Morgan fingerprint density at radius 3 is 2.52 bits per heavy atom. The van der Waals surface area contributed by atoms with E-state index in [4.69, 9.17) is 11.6 Å². The molecule has 7 heteroatoms. The van der Waals surface area contributed by atoms with Crippen LogP contribution in [0.25, 0.3) is 0 Å². The topological polar surface area (TPSA) is 62.2 Å². The van der Waals surface area contributed by atoms with Crippen LogP contribution in [0, 0.1) is 25.5 Å². The normalized spacial score (nSPS) is 10.5. The Morgan fingerprint density at radius 2 is 1.95 bits per heavy atom. The minimum absolute atomic E-state index is 0.0487. The Labute approximate surface area is 124 Å². The molecule has 1 heterocycles. The van der Waals surface area contributed by atoms with Gasteiger partial charge in [0.2, 0.25) is 0 Å². The number of hydrogen-bond donors (Lipinski definition) is 2. The van der Waals surface area contributed by atoms with Gasteiger partial charge in [-0.05, 0) is 31.5 Å². The van der Waals surface area contributed by atoms with E-state index in [0.717, 1.165) is 6.07 Å². The number of carboxylic acids is 1. The number of carbonyl (C=O) groups is 1. The summed E-state index contributed by atoms with van der Waals surface area (Å²) >= 11 is 5.78. The molecule has 0 aliphatic carbocycles. The van der Waals surface area contributed by atoms with Crippen LogP contribution < -0.4 is 5.32 Å². The first-order valence-corrected chi connectivity index (χ1v) is 6.30. The highest BCUT2D eigenvalue weighted by Gasteiger charge is 2.18. The van der Waals surface area contributed by atoms with Gasteiger partial charge in [-0.1, -0.05) is 11.6 Å². The molecule has 0 spiro atoms. The van der Waals surface area contributed by atoms with Crippen LogP contribution in [-0.2, 0) is 0 Å². The Hall–Kier alpha value is -2.21. The molecule has 4 nitrogen and oxygen atoms in total. The number of nitrogens with zero attached hydrogens (tertiary/aromatic N) is 1. The van der Waals surface area contributed by atoms with Crippen molar-refractivity contribution in [3.05, 3.63) is 51.7 Å². The maximum absolute atomic E-state index is 13.8. The second-order valence-electron chi connectivity index (χ2n) is 4.48. The van der Waals surface area contributed by atoms with Crippen LogP contribution in [0.2, 0.25) is 5.02 Å². The molecule has 0 bridgehead atoms. The highest BCUT2D eigenvalue weighted by molar-refractivity contribution is 6.33. The number of anilines is 2. The van der Waals surface area contributed by atoms with Crippen LogP contribution in [-0.4, -0.2) is 16.1 Å². The maximum Gasteiger partial charge on any atom is 0.339 e. The summed E-state index contributed by atoms with van der Waals surface area (Å²) in [5.41, 5.74) is 0.702. The molecule has 0 saturated carbocycles. The average molecular weight is 313 g/mol. The second-order valence-corrected chi connectivity index (χ2v) is 4.89. The van der Waals surface area contributed by atoms with Gasteiger partial charge in [0.1, 0.15) is 17.2 Å². The lowest BCUT2D eigenvalue weighted by Gasteiger charge is -2.13. The number of halogens is 3. The Balaban J connectivity index is 2.57. The Kier molecular flexibility index (Phi) is 4.09. The van der Waals surface area contributed by atoms with Crippen molar-refractivity contribution < 1.29 is 18.7 Å². The summed E-state index contributed by atoms with van der Waals surface area (Å²) < 4.78 is 26.8. The molecule has 0 amide bonds. The average Bonchev–Trinajstić information content (AvgIpc) is 2.32. The zero-order valence-corrected chi connectivity index (χ0v) is 11.9. The summed E-state index contributed by atoms with van der Waals surface area (Å²) in [5.74, 6) is -3.01. The predicted octanol–water partition coefficient (Wildman–Crippen LogP) is 4.07. The molecular weight excluding hydrogens is 302 g/mol. The number of aryl methyl sites for hydroxylation is 2. The highest BCUT2D eigenvalue weighted by atomic mass is 35.5. The van der Waals surface area contributed by atoms with Gasteiger partial charge in [0.25, 0.3) is 0 Å². The van der Waals surface area contributed by atoms with Crippen LogP contribution >= 0.6 is 11.6 Å². The second kappa shape index (κ2) is 5.65. The van der Waals surface area contributed by atoms with Crippen LogP contribution in [0.15, 0.2) is 18.2 Å². The van der Waals surface area contributed by atoms with E-state index < -0.39 is 17.6 Å². The number of rotatable bonds is 3. The third kappa shape index (κ3) is 3.11. The smallest absolute Gasteiger partial charge is 0.339 e. The predicted molar refractivity (Wildman–Crippen MR) is 75.3 cm³/mol. The van der Waals surface area contributed by atoms with Crippen molar-refractivity contribution in [2.24, 2.45) is 0 Å². The molecule has 0 fully saturated rings. The number of hydrogen-bond acceptors (Lipinski definition) is 3. The van der Waals surface area contributed by atoms with Crippen molar-refractivity contribution in [2.75, 3.05) is 5.32 Å². The molecule has 0 unspecified atom stereocenters. The van der Waals surface area contributed by atoms with E-state index in [1.165, 1.54) is 0 Å². The molecule has 110 valence electrons. The van der Waals surface area contributed by atoms with Gasteiger partial charge >= 0.3 is 5.97 Å². The molecule has 0 radical (unpaired) electrons. The molecule has 1 aromatic carbocycles. The quantitative estimate of drug-likeness (QED) is 0.896. The van der Waals surface area contributed by atoms with E-state index in [2.05, 4.69) is 10.3 Å². The lowest BCUT2D eigenvalue weighted by molar-refractivity contribution is 0.0697. The summed E-state index contributed by atoms with van der Waals surface area (Å²) in [5, 5.41) is 11.6. The van der Waals surface area contributed by atoms with E-state index in [1.54, 1.807) is 19.9 Å². The molecule has 1 aromatic heterocycles. The van der Waals surface area contributed by atoms with Crippen molar-refractivity contribution in [3.63, 3.8) is 0 Å². The molecule has 2 N–H and O–H groups in total. The highest BCUT2D eigenvalue weighted by Crippen LogP contribution is 2.31. The van der Waals surface area contributed by atoms with Gasteiger partial charge in [-0.2, -0.15) is 0 Å². The summed E-state index contributed by atoms with van der Waals surface area (Å²) in [6.45, 7) is 3.28. The van der Waals surface area contributed by atoms with Gasteiger partial charge in [0.15, 0.2) is 5.82 Å². The molecule has 2 rings (SSSR count). The van der Waals surface area contributed by atoms with Gasteiger partial charge in [-0.15, -0.1) is 0 Å². The van der Waals surface area contributed by atoms with Crippen molar-refractivity contribution >= 4 is 29.1 Å². The van der Waals surface area contributed by atoms with E-state index in [9.17, 15) is 18.7 Å². The standard InChI is InChI=1S/C14H11ClF2N2O2/c1-6-3-7(2)18-13(11(6)14(20)21)19-12-9(15)4-8(16)5-10(12)17/h3-5H,1-2H3,(H,18,19)(H,20,21). The molecule has 0 aliphatic rings. The van der Waals surface area contributed by atoms with Crippen LogP contribution in [0.1, 0.15) is 21.6 Å². The minimum Gasteiger partial charge on any atom is -0.478 e. The van der Waals surface area contributed by atoms with Gasteiger partial charge in [0, 0.05) is 11.8 Å². The van der Waals surface area contributed by atoms with Crippen molar-refractivity contribution in [1.29, 1.82) is 0 Å². The Bertz CT molecular complexity index is 712. The SMILES string of the molecule is Cc1cc(C)c(C(=O)O)c(Nc2c(F)cc(F)cc2Cl)n1. The van der Waals surface area contributed by atoms with Crippen molar-refractivity contribution in [2.45, 2.75) is 13.8 Å². The fourth-order valence-corrected chi connectivity index (χ4v) is 2.22. The van der Waals surface area contributed by atoms with Gasteiger partial charge in [-0.3, -0.25) is 0 Å². The minimum atomic E-state index is -1.21. The maximum atomic E-state index is 13.8. The van der Waals surface area contributed by atoms with E-state index in [-0.39, 0.29) is 22.1 Å². The third-order valence-electron chi connectivity index (χ3n) is 2.81.